The first-order chi connectivity index (χ1) is 8.60. The topological polar surface area (TPSA) is 149 Å². The highest BCUT2D eigenvalue weighted by atomic mass is 32.2. The first kappa shape index (κ1) is 12.2. The molecule has 0 aromatic carbocycles. The van der Waals surface area contributed by atoms with Crippen molar-refractivity contribution in [3.8, 4) is 0 Å². The second-order valence-corrected chi connectivity index (χ2v) is 4.05. The molecule has 2 rings (SSSR count). The van der Waals surface area contributed by atoms with Gasteiger partial charge in [-0.1, -0.05) is 0 Å². The van der Waals surface area contributed by atoms with Gasteiger partial charge in [-0.25, -0.2) is 15.8 Å². The van der Waals surface area contributed by atoms with Crippen molar-refractivity contribution in [3.05, 3.63) is 22.1 Å². The Labute approximate surface area is 105 Å². The lowest BCUT2D eigenvalue weighted by Crippen LogP contribution is -2.11. The molecule has 0 radical (unpaired) electrons. The van der Waals surface area contributed by atoms with Crippen molar-refractivity contribution in [2.75, 3.05) is 5.43 Å². The lowest BCUT2D eigenvalue weighted by Gasteiger charge is -2.01. The zero-order chi connectivity index (χ0) is 13.1. The number of aromatic amines is 1. The zero-order valence-electron chi connectivity index (χ0n) is 9.12. The largest absolute Gasteiger partial charge is 0.320 e. The Kier molecular flexibility index (Phi) is 3.34. The molecule has 4 N–H and O–H groups in total. The minimum Gasteiger partial charge on any atom is -0.292 e. The molecule has 18 heavy (non-hydrogen) atoms. The molecule has 94 valence electrons. The summed E-state index contributed by atoms with van der Waals surface area (Å²) in [6.07, 6.45) is 1.07. The van der Waals surface area contributed by atoms with Gasteiger partial charge < -0.3 is 0 Å². The summed E-state index contributed by atoms with van der Waals surface area (Å²) >= 11 is 0.951. The van der Waals surface area contributed by atoms with Gasteiger partial charge in [-0.05, 0) is 18.7 Å². The molecule has 2 aromatic heterocycles. The van der Waals surface area contributed by atoms with E-state index in [1.807, 2.05) is 0 Å². The Hall–Kier alpha value is -2.27. The van der Waals surface area contributed by atoms with Crippen molar-refractivity contribution in [2.24, 2.45) is 5.84 Å². The molecule has 0 fully saturated rings. The number of H-pyrrole nitrogens is 1. The van der Waals surface area contributed by atoms with Crippen molar-refractivity contribution in [2.45, 2.75) is 17.1 Å². The Morgan fingerprint density at radius 3 is 2.89 bits per heavy atom. The number of rotatable bonds is 4. The number of aromatic nitrogens is 5. The van der Waals surface area contributed by atoms with Gasteiger partial charge in [-0.3, -0.25) is 20.6 Å². The van der Waals surface area contributed by atoms with E-state index in [1.165, 1.54) is 0 Å². The molecule has 11 heteroatoms. The van der Waals surface area contributed by atoms with E-state index in [0.717, 1.165) is 18.0 Å². The second-order valence-electron chi connectivity index (χ2n) is 3.09. The lowest BCUT2D eigenvalue weighted by atomic mass is 10.5. The average molecular weight is 268 g/mol. The Balaban J connectivity index is 2.37. The molecule has 0 saturated carbocycles. The van der Waals surface area contributed by atoms with E-state index in [0.29, 0.717) is 11.0 Å². The summed E-state index contributed by atoms with van der Waals surface area (Å²) < 4.78 is 0. The van der Waals surface area contributed by atoms with Crippen LogP contribution in [0.15, 0.2) is 16.4 Å². The van der Waals surface area contributed by atoms with E-state index in [1.54, 1.807) is 6.92 Å². The Morgan fingerprint density at radius 2 is 2.33 bits per heavy atom. The molecule has 0 atom stereocenters. The second kappa shape index (κ2) is 4.93. The van der Waals surface area contributed by atoms with Crippen LogP contribution in [0, 0.1) is 17.0 Å². The van der Waals surface area contributed by atoms with Crippen LogP contribution >= 0.6 is 11.8 Å². The van der Waals surface area contributed by atoms with Gasteiger partial charge in [0.2, 0.25) is 11.1 Å². The van der Waals surface area contributed by atoms with Crippen LogP contribution in [0.4, 0.5) is 11.6 Å². The Bertz CT molecular complexity index is 585. The molecule has 2 aromatic rings. The fourth-order valence-electron chi connectivity index (χ4n) is 1.08. The number of nitrogens with one attached hydrogen (secondary N) is 2. The van der Waals surface area contributed by atoms with Crippen LogP contribution in [0.1, 0.15) is 5.82 Å². The Morgan fingerprint density at radius 1 is 1.56 bits per heavy atom. The fraction of sp³-hybridized carbons (Fsp3) is 0.143. The summed E-state index contributed by atoms with van der Waals surface area (Å²) in [6, 6.07) is 0. The minimum atomic E-state index is -0.581. The highest BCUT2D eigenvalue weighted by Gasteiger charge is 2.19. The van der Waals surface area contributed by atoms with Gasteiger partial charge >= 0.3 is 5.69 Å². The standard InChI is InChI=1S/C7H8N8O2S/c1-3-10-7(14-13-3)18-5-4(15(16)17)2-9-6(11-5)12-8/h2H,8H2,1H3,(H,9,11,12)(H,10,13,14). The monoisotopic (exact) mass is 268 g/mol. The summed E-state index contributed by atoms with van der Waals surface area (Å²) in [5, 5.41) is 17.8. The van der Waals surface area contributed by atoms with Crippen LogP contribution < -0.4 is 11.3 Å². The molecule has 0 spiro atoms. The molecule has 0 unspecified atom stereocenters. The van der Waals surface area contributed by atoms with Gasteiger partial charge in [0.05, 0.1) is 4.92 Å². The SMILES string of the molecule is Cc1nc(Sc2nc(NN)ncc2[N+](=O)[O-])n[nH]1. The van der Waals surface area contributed by atoms with Gasteiger partial charge in [0.1, 0.15) is 12.0 Å². The smallest absolute Gasteiger partial charge is 0.292 e. The van der Waals surface area contributed by atoms with E-state index < -0.39 is 4.92 Å². The summed E-state index contributed by atoms with van der Waals surface area (Å²) in [7, 11) is 0. The number of hydrogen-bond acceptors (Lipinski definition) is 9. The molecule has 0 aliphatic heterocycles. The highest BCUT2D eigenvalue weighted by molar-refractivity contribution is 7.99. The first-order valence-electron chi connectivity index (χ1n) is 4.65. The maximum absolute atomic E-state index is 10.8. The summed E-state index contributed by atoms with van der Waals surface area (Å²) in [5.41, 5.74) is 1.98. The number of hydrazine groups is 1. The zero-order valence-corrected chi connectivity index (χ0v) is 9.93. The number of nitro groups is 1. The highest BCUT2D eigenvalue weighted by Crippen LogP contribution is 2.30. The molecule has 0 aliphatic rings. The molecule has 2 heterocycles. The maximum Gasteiger partial charge on any atom is 0.320 e. The van der Waals surface area contributed by atoms with E-state index >= 15 is 0 Å². The van der Waals surface area contributed by atoms with Crippen LogP contribution in [-0.4, -0.2) is 30.1 Å². The van der Waals surface area contributed by atoms with E-state index in [9.17, 15) is 10.1 Å². The van der Waals surface area contributed by atoms with Crippen LogP contribution in [0.2, 0.25) is 0 Å². The van der Waals surface area contributed by atoms with Crippen molar-refractivity contribution in [3.63, 3.8) is 0 Å². The maximum atomic E-state index is 10.8. The third-order valence-corrected chi connectivity index (χ3v) is 2.69. The van der Waals surface area contributed by atoms with E-state index in [2.05, 4.69) is 30.6 Å². The van der Waals surface area contributed by atoms with E-state index in [4.69, 9.17) is 5.84 Å². The number of hydrogen-bond donors (Lipinski definition) is 3. The van der Waals surface area contributed by atoms with Gasteiger partial charge in [0.15, 0.2) is 5.03 Å². The van der Waals surface area contributed by atoms with Crippen LogP contribution in [0.25, 0.3) is 0 Å². The van der Waals surface area contributed by atoms with Gasteiger partial charge in [0, 0.05) is 0 Å². The van der Waals surface area contributed by atoms with Crippen molar-refractivity contribution in [1.82, 2.24) is 25.1 Å². The quantitative estimate of drug-likeness (QED) is 0.307. The number of nitrogen functional groups attached to an aromatic ring is 1. The lowest BCUT2D eigenvalue weighted by molar-refractivity contribution is -0.388. The van der Waals surface area contributed by atoms with Crippen molar-refractivity contribution >= 4 is 23.4 Å². The molecular weight excluding hydrogens is 260 g/mol. The van der Waals surface area contributed by atoms with Crippen LogP contribution in [0.5, 0.6) is 0 Å². The summed E-state index contributed by atoms with van der Waals surface area (Å²) in [4.78, 5) is 21.8. The predicted octanol–water partition coefficient (Wildman–Crippen LogP) is 0.248. The number of anilines is 1. The molecule has 0 bridgehead atoms. The van der Waals surface area contributed by atoms with Gasteiger partial charge in [-0.2, -0.15) is 4.98 Å². The summed E-state index contributed by atoms with van der Waals surface area (Å²) in [5.74, 6) is 5.83. The molecule has 10 nitrogen and oxygen atoms in total. The molecule has 0 amide bonds. The predicted molar refractivity (Wildman–Crippen MR) is 61.7 cm³/mol. The normalized spacial score (nSPS) is 10.3. The molecular formula is C7H8N8O2S. The fourth-order valence-corrected chi connectivity index (χ4v) is 1.89. The number of nitrogens with two attached hydrogens (primary N) is 1. The molecule has 0 aliphatic carbocycles. The number of nitrogens with zero attached hydrogens (tertiary/aromatic N) is 5. The third kappa shape index (κ3) is 2.52. The van der Waals surface area contributed by atoms with Crippen LogP contribution in [-0.2, 0) is 0 Å². The van der Waals surface area contributed by atoms with Crippen LogP contribution in [0.3, 0.4) is 0 Å². The van der Waals surface area contributed by atoms with Gasteiger partial charge in [0.25, 0.3) is 0 Å². The molecule has 0 saturated heterocycles. The average Bonchev–Trinajstić information content (AvgIpc) is 2.74. The first-order valence-corrected chi connectivity index (χ1v) is 5.46. The van der Waals surface area contributed by atoms with Crippen molar-refractivity contribution in [1.29, 1.82) is 0 Å². The van der Waals surface area contributed by atoms with E-state index in [-0.39, 0.29) is 16.7 Å². The van der Waals surface area contributed by atoms with Crippen molar-refractivity contribution < 1.29 is 4.92 Å². The summed E-state index contributed by atoms with van der Waals surface area (Å²) in [6.45, 7) is 1.72. The minimum absolute atomic E-state index is 0.0790. The third-order valence-electron chi connectivity index (χ3n) is 1.83. The number of aryl methyl sites for hydroxylation is 1. The van der Waals surface area contributed by atoms with Gasteiger partial charge in [-0.15, -0.1) is 5.10 Å².